The second-order valence-corrected chi connectivity index (χ2v) is 5.65. The van der Waals surface area contributed by atoms with Crippen molar-refractivity contribution in [2.75, 3.05) is 5.32 Å². The molecule has 1 aromatic heterocycles. The van der Waals surface area contributed by atoms with Gasteiger partial charge in [0.2, 0.25) is 5.91 Å². The molecule has 0 aliphatic rings. The summed E-state index contributed by atoms with van der Waals surface area (Å²) in [5.74, 6) is -0.945. The van der Waals surface area contributed by atoms with Crippen LogP contribution in [0.25, 0.3) is 11.0 Å². The van der Waals surface area contributed by atoms with E-state index in [4.69, 9.17) is 33.4 Å². The lowest BCUT2D eigenvalue weighted by Gasteiger charge is -2.05. The Hall–Kier alpha value is -2.50. The zero-order valence-electron chi connectivity index (χ0n) is 11.6. The van der Waals surface area contributed by atoms with E-state index < -0.39 is 11.8 Å². The van der Waals surface area contributed by atoms with Gasteiger partial charge in [0.05, 0.1) is 10.6 Å². The molecule has 23 heavy (non-hydrogen) atoms. The highest BCUT2D eigenvalue weighted by Crippen LogP contribution is 2.25. The normalized spacial score (nSPS) is 10.7. The molecular weight excluding hydrogens is 339 g/mol. The van der Waals surface area contributed by atoms with E-state index in [1.165, 1.54) is 18.2 Å². The van der Waals surface area contributed by atoms with Crippen LogP contribution in [-0.2, 0) is 0 Å². The topological polar surface area (TPSA) is 85.3 Å². The van der Waals surface area contributed by atoms with Crippen molar-refractivity contribution in [3.8, 4) is 0 Å². The standard InChI is InChI=1S/C16H10Cl2N2O3/c17-9-1-4-13-8(5-9)6-14(23-13)16(22)20-10-2-3-11(15(19)21)12(18)7-10/h1-7H,(H2,19,21)(H,20,22). The first-order chi connectivity index (χ1) is 10.9. The summed E-state index contributed by atoms with van der Waals surface area (Å²) >= 11 is 11.8. The first-order valence-corrected chi connectivity index (χ1v) is 7.29. The van der Waals surface area contributed by atoms with Crippen LogP contribution in [0.2, 0.25) is 10.0 Å². The summed E-state index contributed by atoms with van der Waals surface area (Å²) < 4.78 is 5.47. The number of nitrogens with one attached hydrogen (secondary N) is 1. The number of hydrogen-bond donors (Lipinski definition) is 2. The Kier molecular flexibility index (Phi) is 3.98. The fourth-order valence-corrected chi connectivity index (χ4v) is 2.57. The molecular formula is C16H10Cl2N2O3. The number of benzene rings is 2. The van der Waals surface area contributed by atoms with Crippen LogP contribution in [-0.4, -0.2) is 11.8 Å². The minimum absolute atomic E-state index is 0.136. The number of rotatable bonds is 3. The van der Waals surface area contributed by atoms with Crippen LogP contribution in [0.4, 0.5) is 5.69 Å². The summed E-state index contributed by atoms with van der Waals surface area (Å²) in [5.41, 5.74) is 6.34. The van der Waals surface area contributed by atoms with Crippen LogP contribution < -0.4 is 11.1 Å². The van der Waals surface area contributed by atoms with Crippen molar-refractivity contribution in [2.24, 2.45) is 5.73 Å². The van der Waals surface area contributed by atoms with Crippen molar-refractivity contribution < 1.29 is 14.0 Å². The quantitative estimate of drug-likeness (QED) is 0.747. The van der Waals surface area contributed by atoms with Gasteiger partial charge in [-0.25, -0.2) is 0 Å². The Bertz CT molecular complexity index is 934. The highest BCUT2D eigenvalue weighted by Gasteiger charge is 2.14. The molecule has 0 aliphatic carbocycles. The zero-order chi connectivity index (χ0) is 16.6. The highest BCUT2D eigenvalue weighted by atomic mass is 35.5. The monoisotopic (exact) mass is 348 g/mol. The number of furan rings is 1. The van der Waals surface area contributed by atoms with Crippen molar-refractivity contribution in [2.45, 2.75) is 0 Å². The molecule has 2 aromatic carbocycles. The van der Waals surface area contributed by atoms with Crippen molar-refractivity contribution in [3.63, 3.8) is 0 Å². The summed E-state index contributed by atoms with van der Waals surface area (Å²) in [6, 6.07) is 11.1. The molecule has 2 amide bonds. The van der Waals surface area contributed by atoms with Crippen molar-refractivity contribution in [1.29, 1.82) is 0 Å². The average Bonchev–Trinajstić information content (AvgIpc) is 2.90. The smallest absolute Gasteiger partial charge is 0.291 e. The summed E-state index contributed by atoms with van der Waals surface area (Å²) in [6.07, 6.45) is 0. The van der Waals surface area contributed by atoms with Gasteiger partial charge in [0, 0.05) is 16.1 Å². The molecule has 0 unspecified atom stereocenters. The number of nitrogens with two attached hydrogens (primary N) is 1. The van der Waals surface area contributed by atoms with Gasteiger partial charge in [-0.1, -0.05) is 23.2 Å². The van der Waals surface area contributed by atoms with Gasteiger partial charge >= 0.3 is 0 Å². The lowest BCUT2D eigenvalue weighted by Crippen LogP contribution is -2.13. The Balaban J connectivity index is 1.85. The molecule has 0 aliphatic heterocycles. The predicted octanol–water partition coefficient (Wildman–Crippen LogP) is 4.09. The van der Waals surface area contributed by atoms with Crippen LogP contribution in [0.5, 0.6) is 0 Å². The first-order valence-electron chi connectivity index (χ1n) is 6.54. The maximum absolute atomic E-state index is 12.2. The molecule has 0 bridgehead atoms. The number of anilines is 1. The van der Waals surface area contributed by atoms with E-state index in [1.54, 1.807) is 24.3 Å². The zero-order valence-corrected chi connectivity index (χ0v) is 13.1. The van der Waals surface area contributed by atoms with Gasteiger partial charge in [0.1, 0.15) is 5.58 Å². The second kappa shape index (κ2) is 5.95. The van der Waals surface area contributed by atoms with Gasteiger partial charge in [-0.15, -0.1) is 0 Å². The summed E-state index contributed by atoms with van der Waals surface area (Å²) in [7, 11) is 0. The van der Waals surface area contributed by atoms with E-state index in [1.807, 2.05) is 0 Å². The summed E-state index contributed by atoms with van der Waals surface area (Å²) in [4.78, 5) is 23.4. The van der Waals surface area contributed by atoms with Crippen molar-refractivity contribution in [3.05, 3.63) is 63.8 Å². The fourth-order valence-electron chi connectivity index (χ4n) is 2.11. The lowest BCUT2D eigenvalue weighted by molar-refractivity contribution is 0.0993. The van der Waals surface area contributed by atoms with Gasteiger partial charge in [-0.3, -0.25) is 9.59 Å². The number of hydrogen-bond acceptors (Lipinski definition) is 3. The van der Waals surface area contributed by atoms with Gasteiger partial charge in [0.15, 0.2) is 5.76 Å². The number of carbonyl (C=O) groups is 2. The van der Waals surface area contributed by atoms with Crippen LogP contribution >= 0.6 is 23.2 Å². The van der Waals surface area contributed by atoms with E-state index in [0.29, 0.717) is 16.3 Å². The molecule has 1 heterocycles. The van der Waals surface area contributed by atoms with Gasteiger partial charge in [-0.05, 0) is 42.5 Å². The predicted molar refractivity (Wildman–Crippen MR) is 89.1 cm³/mol. The van der Waals surface area contributed by atoms with Crippen LogP contribution in [0, 0.1) is 0 Å². The molecule has 0 spiro atoms. The SMILES string of the molecule is NC(=O)c1ccc(NC(=O)c2cc3cc(Cl)ccc3o2)cc1Cl. The van der Waals surface area contributed by atoms with E-state index in [2.05, 4.69) is 5.32 Å². The van der Waals surface area contributed by atoms with E-state index in [-0.39, 0.29) is 16.3 Å². The first kappa shape index (κ1) is 15.4. The van der Waals surface area contributed by atoms with Crippen LogP contribution in [0.1, 0.15) is 20.9 Å². The molecule has 7 heteroatoms. The van der Waals surface area contributed by atoms with E-state index in [9.17, 15) is 9.59 Å². The van der Waals surface area contributed by atoms with Gasteiger partial charge < -0.3 is 15.5 Å². The van der Waals surface area contributed by atoms with E-state index in [0.717, 1.165) is 5.39 Å². The Morgan fingerprint density at radius 2 is 1.83 bits per heavy atom. The molecule has 3 aromatic rings. The largest absolute Gasteiger partial charge is 0.451 e. The van der Waals surface area contributed by atoms with Gasteiger partial charge in [-0.2, -0.15) is 0 Å². The third kappa shape index (κ3) is 3.16. The molecule has 116 valence electrons. The van der Waals surface area contributed by atoms with Gasteiger partial charge in [0.25, 0.3) is 5.91 Å². The van der Waals surface area contributed by atoms with Crippen LogP contribution in [0.15, 0.2) is 46.9 Å². The molecule has 3 rings (SSSR count). The lowest BCUT2D eigenvalue weighted by atomic mass is 10.2. The Labute approximate surface area is 141 Å². The molecule has 0 fully saturated rings. The number of primary amides is 1. The third-order valence-electron chi connectivity index (χ3n) is 3.19. The molecule has 0 radical (unpaired) electrons. The third-order valence-corrected chi connectivity index (χ3v) is 3.74. The van der Waals surface area contributed by atoms with Crippen molar-refractivity contribution in [1.82, 2.24) is 0 Å². The maximum Gasteiger partial charge on any atom is 0.291 e. The Morgan fingerprint density at radius 1 is 1.04 bits per heavy atom. The summed E-state index contributed by atoms with van der Waals surface area (Å²) in [5, 5.41) is 4.08. The van der Waals surface area contributed by atoms with E-state index >= 15 is 0 Å². The average molecular weight is 349 g/mol. The summed E-state index contributed by atoms with van der Waals surface area (Å²) in [6.45, 7) is 0. The highest BCUT2D eigenvalue weighted by molar-refractivity contribution is 6.34. The number of amides is 2. The molecule has 3 N–H and O–H groups in total. The maximum atomic E-state index is 12.2. The van der Waals surface area contributed by atoms with Crippen molar-refractivity contribution >= 4 is 51.7 Å². The van der Waals surface area contributed by atoms with Crippen LogP contribution in [0.3, 0.4) is 0 Å². The minimum atomic E-state index is -0.637. The fraction of sp³-hybridized carbons (Fsp3) is 0. The number of carbonyl (C=O) groups excluding carboxylic acids is 2. The molecule has 0 atom stereocenters. The number of halogens is 2. The molecule has 5 nitrogen and oxygen atoms in total. The Morgan fingerprint density at radius 3 is 2.52 bits per heavy atom. The molecule has 0 saturated heterocycles. The second-order valence-electron chi connectivity index (χ2n) is 4.81. The molecule has 0 saturated carbocycles. The number of fused-ring (bicyclic) bond motifs is 1. The minimum Gasteiger partial charge on any atom is -0.451 e.